The van der Waals surface area contributed by atoms with Crippen LogP contribution in [0.5, 0.6) is 0 Å². The number of hydrogen-bond donors (Lipinski definition) is 2. The van der Waals surface area contributed by atoms with Crippen LogP contribution in [0.15, 0.2) is 66.0 Å². The van der Waals surface area contributed by atoms with E-state index in [1.165, 1.54) is 35.6 Å². The third kappa shape index (κ3) is 4.80. The first-order chi connectivity index (χ1) is 13.0. The largest absolute Gasteiger partial charge is 0.545 e. The van der Waals surface area contributed by atoms with Crippen molar-refractivity contribution >= 4 is 40.5 Å². The lowest BCUT2D eigenvalue weighted by atomic mass is 10.1. The molecular weight excluding hydrogens is 364 g/mol. The van der Waals surface area contributed by atoms with E-state index in [-0.39, 0.29) is 17.9 Å². The molecule has 6 nitrogen and oxygen atoms in total. The summed E-state index contributed by atoms with van der Waals surface area (Å²) in [5, 5.41) is 18.1. The first-order valence-corrected chi connectivity index (χ1v) is 8.95. The molecule has 2 amide bonds. The van der Waals surface area contributed by atoms with Gasteiger partial charge in [0.2, 0.25) is 5.91 Å². The molecule has 0 aliphatic carbocycles. The van der Waals surface area contributed by atoms with Crippen molar-refractivity contribution in [2.24, 2.45) is 0 Å². The van der Waals surface area contributed by atoms with E-state index < -0.39 is 11.9 Å². The summed E-state index contributed by atoms with van der Waals surface area (Å²) in [5.41, 5.74) is 1.17. The Hall–Kier alpha value is -3.45. The molecule has 0 aliphatic rings. The molecule has 7 heteroatoms. The normalized spacial score (nSPS) is 10.2. The maximum Gasteiger partial charge on any atom is 0.257 e. The molecule has 2 N–H and O–H groups in total. The van der Waals surface area contributed by atoms with E-state index in [1.807, 2.05) is 17.5 Å². The van der Waals surface area contributed by atoms with Crippen molar-refractivity contribution < 1.29 is 19.5 Å². The number of carbonyl (C=O) groups is 3. The summed E-state index contributed by atoms with van der Waals surface area (Å²) in [7, 11) is 0. The Morgan fingerprint density at radius 2 is 1.63 bits per heavy atom. The minimum Gasteiger partial charge on any atom is -0.545 e. The highest BCUT2D eigenvalue weighted by Crippen LogP contribution is 2.19. The molecule has 0 saturated heterocycles. The second kappa shape index (κ2) is 8.29. The number of nitrogens with one attached hydrogen (secondary N) is 2. The number of anilines is 2. The maximum absolute atomic E-state index is 12.6. The van der Waals surface area contributed by atoms with Crippen molar-refractivity contribution in [2.45, 2.75) is 6.42 Å². The average molecular weight is 379 g/mol. The Labute approximate surface area is 159 Å². The van der Waals surface area contributed by atoms with Gasteiger partial charge in [0.25, 0.3) is 5.91 Å². The van der Waals surface area contributed by atoms with E-state index >= 15 is 0 Å². The van der Waals surface area contributed by atoms with Crippen LogP contribution in [0.1, 0.15) is 25.6 Å². The molecule has 0 saturated carbocycles. The van der Waals surface area contributed by atoms with Crippen molar-refractivity contribution in [3.8, 4) is 0 Å². The summed E-state index contributed by atoms with van der Waals surface area (Å²) in [6.07, 6.45) is 0.234. The number of hydrogen-bond acceptors (Lipinski definition) is 5. The van der Waals surface area contributed by atoms with E-state index in [4.69, 9.17) is 0 Å². The molecule has 3 rings (SSSR count). The van der Waals surface area contributed by atoms with E-state index in [0.29, 0.717) is 16.9 Å². The number of amides is 2. The van der Waals surface area contributed by atoms with Gasteiger partial charge in [-0.3, -0.25) is 9.59 Å². The van der Waals surface area contributed by atoms with Crippen LogP contribution in [0.4, 0.5) is 11.4 Å². The lowest BCUT2D eigenvalue weighted by Crippen LogP contribution is -2.22. The van der Waals surface area contributed by atoms with Gasteiger partial charge in [-0.25, -0.2) is 0 Å². The van der Waals surface area contributed by atoms with Gasteiger partial charge in [0.15, 0.2) is 0 Å². The van der Waals surface area contributed by atoms with Crippen LogP contribution in [0.3, 0.4) is 0 Å². The monoisotopic (exact) mass is 379 g/mol. The molecule has 0 spiro atoms. The fourth-order valence-electron chi connectivity index (χ4n) is 2.44. The molecule has 2 aromatic carbocycles. The van der Waals surface area contributed by atoms with Crippen LogP contribution in [0.25, 0.3) is 0 Å². The number of rotatable bonds is 6. The fourth-order valence-corrected chi connectivity index (χ4v) is 3.15. The summed E-state index contributed by atoms with van der Waals surface area (Å²) in [6, 6.07) is 16.1. The summed E-state index contributed by atoms with van der Waals surface area (Å²) in [6.45, 7) is 0. The van der Waals surface area contributed by atoms with E-state index in [1.54, 1.807) is 24.3 Å². The lowest BCUT2D eigenvalue weighted by molar-refractivity contribution is -0.255. The topological polar surface area (TPSA) is 98.3 Å². The second-order valence-electron chi connectivity index (χ2n) is 5.67. The van der Waals surface area contributed by atoms with Crippen molar-refractivity contribution in [1.82, 2.24) is 0 Å². The minimum atomic E-state index is -1.29. The standard InChI is InChI=1S/C20H16N2O4S/c23-18(12-15-4-3-11-27-15)22-17-6-2-1-5-16(17)19(24)21-14-9-7-13(8-10-14)20(25)26/h1-11H,12H2,(H,21,24)(H,22,23)(H,25,26)/p-1. The van der Waals surface area contributed by atoms with Gasteiger partial charge in [0, 0.05) is 10.6 Å². The van der Waals surface area contributed by atoms with Gasteiger partial charge in [0.1, 0.15) is 0 Å². The summed E-state index contributed by atoms with van der Waals surface area (Å²) < 4.78 is 0. The molecule has 0 bridgehead atoms. The Balaban J connectivity index is 1.71. The maximum atomic E-state index is 12.6. The number of benzene rings is 2. The van der Waals surface area contributed by atoms with E-state index in [9.17, 15) is 19.5 Å². The lowest BCUT2D eigenvalue weighted by Gasteiger charge is -2.12. The molecule has 27 heavy (non-hydrogen) atoms. The van der Waals surface area contributed by atoms with Gasteiger partial charge in [-0.2, -0.15) is 0 Å². The van der Waals surface area contributed by atoms with Gasteiger partial charge in [-0.15, -0.1) is 11.3 Å². The number of thiophene rings is 1. The van der Waals surface area contributed by atoms with Crippen molar-refractivity contribution in [3.63, 3.8) is 0 Å². The SMILES string of the molecule is O=C(Cc1cccs1)Nc1ccccc1C(=O)Nc1ccc(C(=O)[O-])cc1. The van der Waals surface area contributed by atoms with Crippen molar-refractivity contribution in [1.29, 1.82) is 0 Å². The molecule has 0 aliphatic heterocycles. The average Bonchev–Trinajstić information content (AvgIpc) is 3.15. The molecule has 0 radical (unpaired) electrons. The molecule has 0 unspecified atom stereocenters. The Bertz CT molecular complexity index is 966. The van der Waals surface area contributed by atoms with E-state index in [0.717, 1.165) is 4.88 Å². The fraction of sp³-hybridized carbons (Fsp3) is 0.0500. The Kier molecular flexibility index (Phi) is 5.63. The predicted octanol–water partition coefficient (Wildman–Crippen LogP) is 2.55. The molecule has 0 atom stereocenters. The number of para-hydroxylation sites is 1. The number of carbonyl (C=O) groups excluding carboxylic acids is 3. The molecular formula is C20H15N2O4S-. The number of aromatic carboxylic acids is 1. The van der Waals surface area contributed by atoms with Crippen LogP contribution >= 0.6 is 11.3 Å². The zero-order valence-electron chi connectivity index (χ0n) is 14.1. The highest BCUT2D eigenvalue weighted by Gasteiger charge is 2.14. The smallest absolute Gasteiger partial charge is 0.257 e. The zero-order valence-corrected chi connectivity index (χ0v) is 14.9. The summed E-state index contributed by atoms with van der Waals surface area (Å²) >= 11 is 1.49. The molecule has 136 valence electrons. The van der Waals surface area contributed by atoms with Gasteiger partial charge < -0.3 is 20.5 Å². The Morgan fingerprint density at radius 3 is 2.30 bits per heavy atom. The van der Waals surface area contributed by atoms with Crippen LogP contribution in [-0.2, 0) is 11.2 Å². The molecule has 1 aromatic heterocycles. The minimum absolute atomic E-state index is 0.0224. The van der Waals surface area contributed by atoms with Gasteiger partial charge in [-0.05, 0) is 41.3 Å². The third-order valence-electron chi connectivity index (χ3n) is 3.74. The third-order valence-corrected chi connectivity index (χ3v) is 4.62. The molecule has 1 heterocycles. The first kappa shape index (κ1) is 18.3. The quantitative estimate of drug-likeness (QED) is 0.688. The van der Waals surface area contributed by atoms with Crippen molar-refractivity contribution in [3.05, 3.63) is 82.0 Å². The zero-order chi connectivity index (χ0) is 19.2. The van der Waals surface area contributed by atoms with Gasteiger partial charge in [0.05, 0.1) is 23.6 Å². The van der Waals surface area contributed by atoms with Gasteiger partial charge >= 0.3 is 0 Å². The van der Waals surface area contributed by atoms with Crippen LogP contribution < -0.4 is 15.7 Å². The summed E-state index contributed by atoms with van der Waals surface area (Å²) in [4.78, 5) is 36.5. The van der Waals surface area contributed by atoms with Gasteiger partial charge in [-0.1, -0.05) is 30.3 Å². The highest BCUT2D eigenvalue weighted by atomic mass is 32.1. The van der Waals surface area contributed by atoms with Crippen LogP contribution in [-0.4, -0.2) is 17.8 Å². The summed E-state index contributed by atoms with van der Waals surface area (Å²) in [5.74, 6) is -1.91. The van der Waals surface area contributed by atoms with Crippen LogP contribution in [0.2, 0.25) is 0 Å². The van der Waals surface area contributed by atoms with Crippen LogP contribution in [0, 0.1) is 0 Å². The second-order valence-corrected chi connectivity index (χ2v) is 6.70. The number of carboxylic acids is 1. The molecule has 0 fully saturated rings. The molecule has 3 aromatic rings. The van der Waals surface area contributed by atoms with E-state index in [2.05, 4.69) is 10.6 Å². The van der Waals surface area contributed by atoms with Crippen molar-refractivity contribution in [2.75, 3.05) is 10.6 Å². The highest BCUT2D eigenvalue weighted by molar-refractivity contribution is 7.10. The number of carboxylic acid groups (broad SMARTS) is 1. The Morgan fingerprint density at radius 1 is 0.889 bits per heavy atom. The predicted molar refractivity (Wildman–Crippen MR) is 102 cm³/mol. The first-order valence-electron chi connectivity index (χ1n) is 8.07.